The molecule has 0 aliphatic heterocycles. The zero-order chi connectivity index (χ0) is 25.8. The number of fused-ring (bicyclic) bond motifs is 3. The van der Waals surface area contributed by atoms with Gasteiger partial charge >= 0.3 is 230 Å². The molecule has 0 saturated heterocycles. The first-order valence-electron chi connectivity index (χ1n) is 13.6. The topological polar surface area (TPSA) is 0 Å². The number of hydrogen-bond donors (Lipinski definition) is 0. The van der Waals surface area contributed by atoms with Crippen molar-refractivity contribution in [3.05, 3.63) is 123 Å². The van der Waals surface area contributed by atoms with E-state index < -0.39 is 22.8 Å². The summed E-state index contributed by atoms with van der Waals surface area (Å²) < 4.78 is 1.20. The Morgan fingerprint density at radius 1 is 0.692 bits per heavy atom. The van der Waals surface area contributed by atoms with E-state index in [2.05, 4.69) is 132 Å². The van der Waals surface area contributed by atoms with Gasteiger partial charge in [-0.05, 0) is 0 Å². The third-order valence-electron chi connectivity index (χ3n) is 8.52. The standard InChI is InChI=1S/C20H15.C13H15.C2H6Si.2ClH.Ti/c1-14-10-11-19(20-9-5-4-8-18(14)20)17-12-15-6-2-3-7-16(15)13-17;1-9(2)12-6-4-5-11-7-10(3)8-13(11)12;1-3-2;;;/h2-13H,1H3;4-9H,1-3H3;1-2H3;2*1H;. The van der Waals surface area contributed by atoms with Gasteiger partial charge in [0.2, 0.25) is 0 Å². The van der Waals surface area contributed by atoms with Crippen molar-refractivity contribution in [1.29, 1.82) is 0 Å². The molecule has 0 saturated carbocycles. The van der Waals surface area contributed by atoms with Gasteiger partial charge in [0, 0.05) is 0 Å². The van der Waals surface area contributed by atoms with Crippen LogP contribution in [-0.2, 0) is 16.6 Å². The van der Waals surface area contributed by atoms with Gasteiger partial charge in [-0.3, -0.25) is 0 Å². The minimum atomic E-state index is -1.74. The van der Waals surface area contributed by atoms with Crippen molar-refractivity contribution in [2.75, 3.05) is 0 Å². The Morgan fingerprint density at radius 2 is 1.36 bits per heavy atom. The molecule has 0 aromatic heterocycles. The van der Waals surface area contributed by atoms with Crippen molar-refractivity contribution >= 4 is 59.5 Å². The molecule has 200 valence electrons. The minimum absolute atomic E-state index is 0. The quantitative estimate of drug-likeness (QED) is 0.203. The molecule has 4 heteroatoms. The van der Waals surface area contributed by atoms with Crippen molar-refractivity contribution in [1.82, 2.24) is 0 Å². The first-order valence-corrected chi connectivity index (χ1v) is 20.3. The van der Waals surface area contributed by atoms with Crippen LogP contribution in [0.1, 0.15) is 74.1 Å². The molecule has 2 aliphatic carbocycles. The summed E-state index contributed by atoms with van der Waals surface area (Å²) in [5.74, 6) is 0.552. The van der Waals surface area contributed by atoms with Crippen molar-refractivity contribution in [3.63, 3.8) is 0 Å². The Morgan fingerprint density at radius 3 is 2.08 bits per heavy atom. The number of allylic oxidation sites excluding steroid dienone is 2. The average Bonchev–Trinajstić information content (AvgIpc) is 3.42. The zero-order valence-corrected chi connectivity index (χ0v) is 27.9. The zero-order valence-electron chi connectivity index (χ0n) is 23.7. The third-order valence-corrected chi connectivity index (χ3v) is 21.6. The first kappa shape index (κ1) is 30.1. The van der Waals surface area contributed by atoms with Crippen LogP contribution in [0.4, 0.5) is 0 Å². The number of rotatable bonds is 4. The molecule has 4 aromatic carbocycles. The molecule has 2 unspecified atom stereocenters. The second kappa shape index (κ2) is 11.9. The number of hydrogen-bond acceptors (Lipinski definition) is 0. The predicted octanol–water partition coefficient (Wildman–Crippen LogP) is 10.7. The molecule has 0 fully saturated rings. The van der Waals surface area contributed by atoms with Crippen molar-refractivity contribution < 1.29 is 16.6 Å². The molecule has 0 nitrogen and oxygen atoms in total. The predicted molar refractivity (Wildman–Crippen MR) is 175 cm³/mol. The number of aryl methyl sites for hydroxylation is 1. The Labute approximate surface area is 253 Å². The van der Waals surface area contributed by atoms with Crippen LogP contribution >= 0.6 is 24.8 Å². The Kier molecular flexibility index (Phi) is 9.21. The summed E-state index contributed by atoms with van der Waals surface area (Å²) >= 11 is -1.74. The average molecular weight is 606 g/mol. The Hall–Kier alpha value is -1.87. The monoisotopic (exact) mass is 604 g/mol. The van der Waals surface area contributed by atoms with E-state index in [0.717, 1.165) is 0 Å². The van der Waals surface area contributed by atoms with Gasteiger partial charge in [-0.2, -0.15) is 0 Å². The fourth-order valence-corrected chi connectivity index (χ4v) is 20.4. The van der Waals surface area contributed by atoms with Crippen molar-refractivity contribution in [3.8, 4) is 0 Å². The molecule has 4 aromatic rings. The smallest absolute Gasteiger partial charge is 0.147 e. The molecule has 0 amide bonds. The maximum atomic E-state index is 2.61. The minimum Gasteiger partial charge on any atom is -0.147 e. The SMILES string of the molecule is CC1=Cc2c(C(C)C)cccc2[CH]1[Ti]([CH]1C(c2ccc(C)c3ccccc23)=Cc2ccccc21)=[Si](C)C.Cl.Cl. The van der Waals surface area contributed by atoms with E-state index >= 15 is 0 Å². The van der Waals surface area contributed by atoms with Gasteiger partial charge in [0.05, 0.1) is 0 Å². The van der Waals surface area contributed by atoms with E-state index in [-0.39, 0.29) is 24.8 Å². The molecular weight excluding hydrogens is 567 g/mol. The van der Waals surface area contributed by atoms with E-state index in [9.17, 15) is 0 Å². The van der Waals surface area contributed by atoms with Crippen LogP contribution < -0.4 is 0 Å². The van der Waals surface area contributed by atoms with Gasteiger partial charge in [0.15, 0.2) is 0 Å². The Balaban J connectivity index is 0.00000176. The van der Waals surface area contributed by atoms with Crippen LogP contribution in [-0.4, -0.2) is 6.19 Å². The van der Waals surface area contributed by atoms with E-state index in [4.69, 9.17) is 0 Å². The van der Waals surface area contributed by atoms with Gasteiger partial charge in [-0.15, -0.1) is 24.8 Å². The maximum absolute atomic E-state index is 2.61. The van der Waals surface area contributed by atoms with Crippen LogP contribution in [0.25, 0.3) is 28.5 Å². The maximum Gasteiger partial charge on any atom is -0.147 e. The summed E-state index contributed by atoms with van der Waals surface area (Å²) in [6.07, 6.45) is 4.60. The summed E-state index contributed by atoms with van der Waals surface area (Å²) in [6, 6.07) is 30.2. The molecule has 2 atom stereocenters. The summed E-state index contributed by atoms with van der Waals surface area (Å²) in [5, 5.41) is 2.80. The van der Waals surface area contributed by atoms with Gasteiger partial charge in [-0.25, -0.2) is 0 Å². The molecule has 0 bridgehead atoms. The van der Waals surface area contributed by atoms with Crippen LogP contribution in [0.15, 0.2) is 84.4 Å². The Bertz CT molecular complexity index is 1660. The van der Waals surface area contributed by atoms with Gasteiger partial charge in [0.1, 0.15) is 0 Å². The van der Waals surface area contributed by atoms with Gasteiger partial charge in [-0.1, -0.05) is 0 Å². The molecular formula is C35H38Cl2SiTi. The molecule has 0 N–H and O–H groups in total. The van der Waals surface area contributed by atoms with Crippen LogP contribution in [0.2, 0.25) is 13.1 Å². The number of benzene rings is 4. The van der Waals surface area contributed by atoms with Crippen LogP contribution in [0, 0.1) is 6.92 Å². The van der Waals surface area contributed by atoms with Crippen molar-refractivity contribution in [2.45, 2.75) is 55.2 Å². The fourth-order valence-electron chi connectivity index (χ4n) is 6.83. The van der Waals surface area contributed by atoms with Gasteiger partial charge < -0.3 is 0 Å². The van der Waals surface area contributed by atoms with Crippen molar-refractivity contribution in [2.24, 2.45) is 0 Å². The number of halogens is 2. The fraction of sp³-hybridized carbons (Fsp3) is 0.257. The van der Waals surface area contributed by atoms with E-state index in [0.29, 0.717) is 14.4 Å². The second-order valence-corrected chi connectivity index (χ2v) is 23.7. The molecule has 39 heavy (non-hydrogen) atoms. The second-order valence-electron chi connectivity index (χ2n) is 11.4. The first-order chi connectivity index (χ1) is 17.9. The summed E-state index contributed by atoms with van der Waals surface area (Å²) in [4.78, 5) is 0. The normalized spacial score (nSPS) is 17.1. The van der Waals surface area contributed by atoms with Crippen LogP contribution in [0.3, 0.4) is 0 Å². The third kappa shape index (κ3) is 5.07. The molecule has 0 radical (unpaired) electrons. The molecule has 0 spiro atoms. The van der Waals surface area contributed by atoms with E-state index in [1.54, 1.807) is 22.3 Å². The summed E-state index contributed by atoms with van der Waals surface area (Å²) in [6.45, 7) is 14.6. The molecule has 6 rings (SSSR count). The van der Waals surface area contributed by atoms with E-state index in [1.807, 2.05) is 0 Å². The van der Waals surface area contributed by atoms with Gasteiger partial charge in [0.25, 0.3) is 0 Å². The molecule has 2 aliphatic rings. The van der Waals surface area contributed by atoms with E-state index in [1.165, 1.54) is 38.6 Å². The van der Waals surface area contributed by atoms with Crippen LogP contribution in [0.5, 0.6) is 0 Å². The summed E-state index contributed by atoms with van der Waals surface area (Å²) in [5.41, 5.74) is 13.7. The molecule has 0 heterocycles. The summed E-state index contributed by atoms with van der Waals surface area (Å²) in [7, 11) is 0. The largest absolute Gasteiger partial charge is 0.147 e.